The molecule has 14 nitrogen and oxygen atoms in total. The van der Waals surface area contributed by atoms with Crippen molar-refractivity contribution in [3.63, 3.8) is 0 Å². The van der Waals surface area contributed by atoms with Crippen LogP contribution in [0.4, 0.5) is 9.59 Å². The van der Waals surface area contributed by atoms with Crippen LogP contribution in [0.15, 0.2) is 71.8 Å². The lowest BCUT2D eigenvalue weighted by molar-refractivity contribution is -0.139. The quantitative estimate of drug-likeness (QED) is 0.121. The maximum absolute atomic E-state index is 14.6. The van der Waals surface area contributed by atoms with Gasteiger partial charge in [0.25, 0.3) is 0 Å². The van der Waals surface area contributed by atoms with Crippen LogP contribution in [0.25, 0.3) is 33.2 Å². The number of carbonyl (C=O) groups is 4. The Morgan fingerprint density at radius 3 is 1.74 bits per heavy atom. The van der Waals surface area contributed by atoms with Gasteiger partial charge in [-0.3, -0.25) is 9.59 Å². The van der Waals surface area contributed by atoms with Crippen LogP contribution in [-0.4, -0.2) is 92.1 Å². The van der Waals surface area contributed by atoms with Crippen molar-refractivity contribution in [3.05, 3.63) is 94.6 Å². The fourth-order valence-corrected chi connectivity index (χ4v) is 14.3. The number of methoxy groups -OCH3 is 2. The summed E-state index contributed by atoms with van der Waals surface area (Å²) in [5, 5.41) is 5.71. The van der Waals surface area contributed by atoms with Crippen LogP contribution in [0.5, 0.6) is 0 Å². The number of H-pyrrole nitrogens is 2. The van der Waals surface area contributed by atoms with E-state index in [-0.39, 0.29) is 53.7 Å². The molecule has 2 aromatic carbocycles. The highest BCUT2D eigenvalue weighted by Gasteiger charge is 2.50. The average molecular weight is 1010 g/mol. The van der Waals surface area contributed by atoms with Crippen LogP contribution in [0.2, 0.25) is 0 Å². The molecule has 4 amide bonds. The summed E-state index contributed by atoms with van der Waals surface area (Å²) < 4.78 is 9.92. The predicted octanol–water partition coefficient (Wildman–Crippen LogP) is 11.8. The maximum Gasteiger partial charge on any atom is 0.407 e. The van der Waals surface area contributed by atoms with Crippen LogP contribution in [0.1, 0.15) is 165 Å². The molecule has 2 saturated heterocycles. The molecule has 4 fully saturated rings. The fraction of sp³-hybridized carbons (Fsp3) is 0.567. The van der Waals surface area contributed by atoms with Gasteiger partial charge in [-0.2, -0.15) is 0 Å². The number of likely N-dealkylation sites (tertiary alicyclic amines) is 2. The third-order valence-electron chi connectivity index (χ3n) is 18.2. The number of allylic oxidation sites excluding steroid dienone is 8. The number of rotatable bonds is 10. The van der Waals surface area contributed by atoms with E-state index < -0.39 is 24.3 Å². The number of nitrogens with one attached hydrogen (secondary N) is 4. The van der Waals surface area contributed by atoms with E-state index in [4.69, 9.17) is 19.4 Å². The lowest BCUT2D eigenvalue weighted by Crippen LogP contribution is -2.53. The van der Waals surface area contributed by atoms with Crippen molar-refractivity contribution in [1.82, 2.24) is 40.4 Å². The van der Waals surface area contributed by atoms with Crippen LogP contribution in [0.3, 0.4) is 0 Å². The Bertz CT molecular complexity index is 2940. The first kappa shape index (κ1) is 50.0. The zero-order valence-electron chi connectivity index (χ0n) is 44.3. The number of aromatic nitrogens is 4. The molecular formula is C60H76N8O6. The number of amides is 4. The number of fused-ring (bicyclic) bond motifs is 4. The Morgan fingerprint density at radius 2 is 1.22 bits per heavy atom. The summed E-state index contributed by atoms with van der Waals surface area (Å²) in [6.07, 6.45) is 24.9. The largest absolute Gasteiger partial charge is 0.453 e. The Balaban J connectivity index is 0.931. The second kappa shape index (κ2) is 20.9. The molecule has 74 heavy (non-hydrogen) atoms. The van der Waals surface area contributed by atoms with Crippen molar-refractivity contribution in [1.29, 1.82) is 0 Å². The van der Waals surface area contributed by atoms with E-state index in [0.717, 1.165) is 136 Å². The molecule has 14 heteroatoms. The second-order valence-corrected chi connectivity index (χ2v) is 23.4. The monoisotopic (exact) mass is 1000 g/mol. The summed E-state index contributed by atoms with van der Waals surface area (Å²) in [5.41, 5.74) is 11.6. The molecule has 0 radical (unpaired) electrons. The number of hydrogen-bond donors (Lipinski definition) is 4. The summed E-state index contributed by atoms with van der Waals surface area (Å²) in [7, 11) is 2.67. The molecule has 4 unspecified atom stereocenters. The molecule has 2 aromatic heterocycles. The van der Waals surface area contributed by atoms with Crippen molar-refractivity contribution in [3.8, 4) is 0 Å². The molecule has 4 bridgehead atoms. The highest BCUT2D eigenvalue weighted by molar-refractivity contribution is 5.90. The molecule has 4 heterocycles. The highest BCUT2D eigenvalue weighted by atomic mass is 16.5. The van der Waals surface area contributed by atoms with Gasteiger partial charge in [0.2, 0.25) is 11.8 Å². The number of alkyl carbamates (subject to hydrolysis) is 2. The number of nitrogens with zero attached hydrogens (tertiary/aromatic N) is 4. The predicted molar refractivity (Wildman–Crippen MR) is 287 cm³/mol. The Labute approximate surface area is 435 Å². The first-order valence-corrected chi connectivity index (χ1v) is 28.0. The lowest BCUT2D eigenvalue weighted by atomic mass is 9.73. The minimum atomic E-state index is -0.698. The molecule has 4 aromatic rings. The number of benzene rings is 2. The molecule has 392 valence electrons. The minimum absolute atomic E-state index is 0.0631. The highest BCUT2D eigenvalue weighted by Crippen LogP contribution is 2.50. The topological polar surface area (TPSA) is 175 Å². The first-order valence-electron chi connectivity index (χ1n) is 28.0. The van der Waals surface area contributed by atoms with Gasteiger partial charge in [-0.1, -0.05) is 95.4 Å². The molecule has 10 aliphatic rings. The number of imidazole rings is 2. The van der Waals surface area contributed by atoms with Gasteiger partial charge in [0.05, 0.1) is 48.4 Å². The Morgan fingerprint density at radius 1 is 0.676 bits per heavy atom. The Hall–Kier alpha value is -6.18. The van der Waals surface area contributed by atoms with E-state index in [1.807, 2.05) is 27.7 Å². The third kappa shape index (κ3) is 9.59. The van der Waals surface area contributed by atoms with E-state index in [1.165, 1.54) is 47.6 Å². The van der Waals surface area contributed by atoms with Crippen LogP contribution in [-0.2, 0) is 19.1 Å². The zero-order valence-corrected chi connectivity index (χ0v) is 44.3. The smallest absolute Gasteiger partial charge is 0.407 e. The van der Waals surface area contributed by atoms with Gasteiger partial charge >= 0.3 is 12.2 Å². The van der Waals surface area contributed by atoms with Gasteiger partial charge in [-0.25, -0.2) is 19.6 Å². The van der Waals surface area contributed by atoms with E-state index in [9.17, 15) is 19.2 Å². The molecule has 2 saturated carbocycles. The van der Waals surface area contributed by atoms with Gasteiger partial charge in [0.15, 0.2) is 0 Å². The van der Waals surface area contributed by atoms with E-state index in [2.05, 4.69) is 91.1 Å². The summed E-state index contributed by atoms with van der Waals surface area (Å²) in [6.45, 7) is 7.88. The average Bonchev–Trinajstić information content (AvgIpc) is 4.22. The van der Waals surface area contributed by atoms with Crippen molar-refractivity contribution in [2.75, 3.05) is 14.2 Å². The van der Waals surface area contributed by atoms with Crippen LogP contribution >= 0.6 is 0 Å². The van der Waals surface area contributed by atoms with Gasteiger partial charge in [0, 0.05) is 12.1 Å². The third-order valence-corrected chi connectivity index (χ3v) is 18.2. The molecule has 8 aliphatic carbocycles. The van der Waals surface area contributed by atoms with Gasteiger partial charge in [-0.15, -0.1) is 0 Å². The summed E-state index contributed by atoms with van der Waals surface area (Å²) in [5.74, 6) is 2.86. The molecule has 2 aliphatic heterocycles. The number of aromatic amines is 2. The van der Waals surface area contributed by atoms with Gasteiger partial charge in [0.1, 0.15) is 23.7 Å². The lowest BCUT2D eigenvalue weighted by Gasteiger charge is -2.36. The first-order chi connectivity index (χ1) is 35.8. The molecule has 10 atom stereocenters. The molecule has 14 rings (SSSR count). The zero-order chi connectivity index (χ0) is 51.4. The Kier molecular flexibility index (Phi) is 14.1. The van der Waals surface area contributed by atoms with Crippen LogP contribution < -0.4 is 10.6 Å². The van der Waals surface area contributed by atoms with E-state index >= 15 is 0 Å². The number of hydrogen-bond acceptors (Lipinski definition) is 8. The van der Waals surface area contributed by atoms with Crippen molar-refractivity contribution >= 4 is 57.2 Å². The fourth-order valence-electron chi connectivity index (χ4n) is 14.3. The SMILES string of the molecule is COC(=O)N[C@H](C(=O)N1C2CCCCC2C[C@H]1c1nc2ccc(C3=CC4=C(c5ccc6nc([C@@H]7CC8CCCCC8N7C(=O)[C@@H](NC(=O)OC)C(C)C)[nH]c6c5)C[C@@H]3CC[C@@H]3C=CC(=CC3)CC4)cc2[nH]1)C(C)C. The summed E-state index contributed by atoms with van der Waals surface area (Å²) in [4.78, 5) is 76.3. The number of carbonyl (C=O) groups excluding carboxylic acids is 4. The second-order valence-electron chi connectivity index (χ2n) is 23.4. The van der Waals surface area contributed by atoms with E-state index in [0.29, 0.717) is 17.8 Å². The van der Waals surface area contributed by atoms with Crippen LogP contribution in [0, 0.1) is 35.5 Å². The summed E-state index contributed by atoms with van der Waals surface area (Å²) in [6, 6.07) is 11.8. The summed E-state index contributed by atoms with van der Waals surface area (Å²) >= 11 is 0. The molecular weight excluding hydrogens is 929 g/mol. The minimum Gasteiger partial charge on any atom is -0.453 e. The maximum atomic E-state index is 14.6. The van der Waals surface area contributed by atoms with Crippen molar-refractivity contribution < 1.29 is 28.7 Å². The van der Waals surface area contributed by atoms with E-state index in [1.54, 1.807) is 0 Å². The van der Waals surface area contributed by atoms with Crippen molar-refractivity contribution in [2.24, 2.45) is 35.5 Å². The standard InChI is InChI=1S/C60H76N8O6/c1-33(2)53(65-59(71)73-5)57(69)67-49-13-9-7-11-41(49)31-51(67)55-61-45-25-23-39(29-47(45)63-55)43-27-38-22-20-36-17-15-35(16-18-36)19-21-37(43)28-44(38)40-24-26-46-48(30-40)64-56(62-46)52-32-42-12-8-10-14-50(42)68(52)58(70)54(34(3)4)66-60(72)74-6/h15-17,23-26,28-30,33-34,36,38,41-42,49-54H,7-14,18-22,27,31-32H2,1-6H3,(H,61,63)(H,62,64)(H,65,71)(H,66,72)/t36-,38+,41?,42?,49?,50?,51+,52+,53+,54+/m1/s1. The number of ether oxygens (including phenoxy) is 2. The van der Waals surface area contributed by atoms with Gasteiger partial charge < -0.3 is 39.9 Å². The van der Waals surface area contributed by atoms with Gasteiger partial charge in [-0.05, 0) is 165 Å². The normalized spacial score (nSPS) is 27.6. The molecule has 4 N–H and O–H groups in total. The van der Waals surface area contributed by atoms with Crippen molar-refractivity contribution in [2.45, 2.75) is 167 Å². The molecule has 0 spiro atoms.